The number of amides is 1. The van der Waals surface area contributed by atoms with E-state index >= 15 is 0 Å². The van der Waals surface area contributed by atoms with Crippen molar-refractivity contribution in [3.05, 3.63) is 64.2 Å². The SMILES string of the molecule is CCN(CC)S(=O)(=O)c1cc(C(=O)OCC(=O)NCc2ccc(C)cc2)ccc1Cl. The van der Waals surface area contributed by atoms with Gasteiger partial charge in [-0.2, -0.15) is 4.31 Å². The van der Waals surface area contributed by atoms with E-state index < -0.39 is 28.5 Å². The normalized spacial score (nSPS) is 11.4. The van der Waals surface area contributed by atoms with Crippen molar-refractivity contribution in [3.8, 4) is 0 Å². The Morgan fingerprint density at radius 3 is 2.30 bits per heavy atom. The third-order valence-corrected chi connectivity index (χ3v) is 6.97. The van der Waals surface area contributed by atoms with Crippen LogP contribution in [-0.2, 0) is 26.1 Å². The molecule has 1 N–H and O–H groups in total. The number of hydrogen-bond donors (Lipinski definition) is 1. The van der Waals surface area contributed by atoms with E-state index in [9.17, 15) is 18.0 Å². The molecule has 0 radical (unpaired) electrons. The van der Waals surface area contributed by atoms with Crippen molar-refractivity contribution >= 4 is 33.5 Å². The average Bonchev–Trinajstić information content (AvgIpc) is 2.72. The molecule has 7 nitrogen and oxygen atoms in total. The lowest BCUT2D eigenvalue weighted by Crippen LogP contribution is -2.31. The minimum absolute atomic E-state index is 0.00327. The molecule has 162 valence electrons. The summed E-state index contributed by atoms with van der Waals surface area (Å²) in [4.78, 5) is 24.1. The molecule has 0 aliphatic rings. The second-order valence-electron chi connectivity index (χ2n) is 6.57. The van der Waals surface area contributed by atoms with Crippen molar-refractivity contribution in [1.82, 2.24) is 9.62 Å². The fourth-order valence-corrected chi connectivity index (χ4v) is 4.66. The van der Waals surface area contributed by atoms with E-state index in [0.717, 1.165) is 11.1 Å². The van der Waals surface area contributed by atoms with Gasteiger partial charge in [-0.3, -0.25) is 4.79 Å². The van der Waals surface area contributed by atoms with Gasteiger partial charge in [-0.05, 0) is 30.7 Å². The molecular formula is C21H25ClN2O5S. The highest BCUT2D eigenvalue weighted by molar-refractivity contribution is 7.89. The number of ether oxygens (including phenoxy) is 1. The maximum absolute atomic E-state index is 12.7. The van der Waals surface area contributed by atoms with Crippen LogP contribution in [0, 0.1) is 6.92 Å². The lowest BCUT2D eigenvalue weighted by atomic mass is 10.1. The third kappa shape index (κ3) is 6.04. The van der Waals surface area contributed by atoms with Gasteiger partial charge in [0, 0.05) is 19.6 Å². The van der Waals surface area contributed by atoms with Gasteiger partial charge >= 0.3 is 5.97 Å². The van der Waals surface area contributed by atoms with Gasteiger partial charge in [-0.15, -0.1) is 0 Å². The molecule has 0 heterocycles. The summed E-state index contributed by atoms with van der Waals surface area (Å²) in [6, 6.07) is 11.5. The lowest BCUT2D eigenvalue weighted by Gasteiger charge is -2.19. The van der Waals surface area contributed by atoms with E-state index in [4.69, 9.17) is 16.3 Å². The van der Waals surface area contributed by atoms with Crippen LogP contribution in [0.4, 0.5) is 0 Å². The number of aryl methyl sites for hydroxylation is 1. The summed E-state index contributed by atoms with van der Waals surface area (Å²) in [6.45, 7) is 5.76. The Morgan fingerprint density at radius 1 is 1.07 bits per heavy atom. The molecule has 0 spiro atoms. The summed E-state index contributed by atoms with van der Waals surface area (Å²) in [5.41, 5.74) is 2.03. The Hall–Kier alpha value is -2.42. The molecule has 0 fully saturated rings. The van der Waals surface area contributed by atoms with Crippen molar-refractivity contribution in [2.45, 2.75) is 32.2 Å². The molecule has 1 amide bonds. The summed E-state index contributed by atoms with van der Waals surface area (Å²) in [7, 11) is -3.85. The van der Waals surface area contributed by atoms with Crippen LogP contribution in [0.1, 0.15) is 35.3 Å². The summed E-state index contributed by atoms with van der Waals surface area (Å²) in [5, 5.41) is 2.67. The number of benzene rings is 2. The van der Waals surface area contributed by atoms with Crippen molar-refractivity contribution in [2.24, 2.45) is 0 Å². The van der Waals surface area contributed by atoms with Crippen LogP contribution in [0.5, 0.6) is 0 Å². The molecule has 0 saturated heterocycles. The van der Waals surface area contributed by atoms with E-state index in [1.165, 1.54) is 22.5 Å². The third-order valence-electron chi connectivity index (χ3n) is 4.43. The van der Waals surface area contributed by atoms with E-state index in [-0.39, 0.29) is 28.6 Å². The lowest BCUT2D eigenvalue weighted by molar-refractivity contribution is -0.124. The number of rotatable bonds is 9. The molecule has 9 heteroatoms. The quantitative estimate of drug-likeness (QED) is 0.590. The van der Waals surface area contributed by atoms with Gasteiger partial charge < -0.3 is 10.1 Å². The minimum Gasteiger partial charge on any atom is -0.452 e. The van der Waals surface area contributed by atoms with Gasteiger partial charge in [0.2, 0.25) is 10.0 Å². The maximum atomic E-state index is 12.7. The number of sulfonamides is 1. The predicted octanol–water partition coefficient (Wildman–Crippen LogP) is 3.15. The Bertz CT molecular complexity index is 1000. The number of nitrogens with zero attached hydrogens (tertiary/aromatic N) is 1. The molecule has 0 aliphatic carbocycles. The first kappa shape index (κ1) is 23.9. The van der Waals surface area contributed by atoms with Crippen LogP contribution in [-0.4, -0.2) is 44.3 Å². The van der Waals surface area contributed by atoms with Gasteiger partial charge in [0.05, 0.1) is 10.6 Å². The molecule has 0 aromatic heterocycles. The van der Waals surface area contributed by atoms with Gasteiger partial charge in [0.1, 0.15) is 4.90 Å². The van der Waals surface area contributed by atoms with Crippen molar-refractivity contribution in [3.63, 3.8) is 0 Å². The number of halogens is 1. The molecule has 2 aromatic carbocycles. The number of esters is 1. The molecular weight excluding hydrogens is 428 g/mol. The molecule has 0 atom stereocenters. The van der Waals surface area contributed by atoms with Crippen molar-refractivity contribution in [1.29, 1.82) is 0 Å². The summed E-state index contributed by atoms with van der Waals surface area (Å²) in [5.74, 6) is -1.28. The zero-order valence-corrected chi connectivity index (χ0v) is 18.7. The Labute approximate surface area is 182 Å². The number of nitrogens with one attached hydrogen (secondary N) is 1. The Kier molecular flexibility index (Phi) is 8.40. The first-order valence-electron chi connectivity index (χ1n) is 9.48. The molecule has 0 unspecified atom stereocenters. The van der Waals surface area contributed by atoms with E-state index in [1.807, 2.05) is 31.2 Å². The minimum atomic E-state index is -3.85. The second kappa shape index (κ2) is 10.6. The van der Waals surface area contributed by atoms with E-state index in [0.29, 0.717) is 6.54 Å². The fraction of sp³-hybridized carbons (Fsp3) is 0.333. The zero-order chi connectivity index (χ0) is 22.3. The zero-order valence-electron chi connectivity index (χ0n) is 17.1. The molecule has 2 rings (SSSR count). The first-order valence-corrected chi connectivity index (χ1v) is 11.3. The van der Waals surface area contributed by atoms with Gasteiger partial charge in [-0.25, -0.2) is 13.2 Å². The smallest absolute Gasteiger partial charge is 0.338 e. The molecule has 30 heavy (non-hydrogen) atoms. The molecule has 0 saturated carbocycles. The highest BCUT2D eigenvalue weighted by atomic mass is 35.5. The predicted molar refractivity (Wildman–Crippen MR) is 115 cm³/mol. The van der Waals surface area contributed by atoms with E-state index in [1.54, 1.807) is 13.8 Å². The maximum Gasteiger partial charge on any atom is 0.338 e. The van der Waals surface area contributed by atoms with Gasteiger partial charge in [0.25, 0.3) is 5.91 Å². The largest absolute Gasteiger partial charge is 0.452 e. The summed E-state index contributed by atoms with van der Waals surface area (Å²) >= 11 is 6.06. The average molecular weight is 453 g/mol. The van der Waals surface area contributed by atoms with Crippen LogP contribution in [0.25, 0.3) is 0 Å². The first-order chi connectivity index (χ1) is 14.2. The highest BCUT2D eigenvalue weighted by Crippen LogP contribution is 2.26. The standard InChI is InChI=1S/C21H25ClN2O5S/c1-4-24(5-2)30(27,28)19-12-17(10-11-18(19)22)21(26)29-14-20(25)23-13-16-8-6-15(3)7-9-16/h6-12H,4-5,13-14H2,1-3H3,(H,23,25). The van der Waals surface area contributed by atoms with Crippen molar-refractivity contribution < 1.29 is 22.7 Å². The van der Waals surface area contributed by atoms with Crippen LogP contribution in [0.2, 0.25) is 5.02 Å². The number of carbonyl (C=O) groups excluding carboxylic acids is 2. The van der Waals surface area contributed by atoms with E-state index in [2.05, 4.69) is 5.32 Å². The van der Waals surface area contributed by atoms with Crippen LogP contribution >= 0.6 is 11.6 Å². The highest BCUT2D eigenvalue weighted by Gasteiger charge is 2.26. The van der Waals surface area contributed by atoms with Crippen LogP contribution in [0.15, 0.2) is 47.4 Å². The van der Waals surface area contributed by atoms with Crippen LogP contribution in [0.3, 0.4) is 0 Å². The van der Waals surface area contributed by atoms with Crippen LogP contribution < -0.4 is 5.32 Å². The van der Waals surface area contributed by atoms with Gasteiger partial charge in [0.15, 0.2) is 6.61 Å². The molecule has 2 aromatic rings. The Balaban J connectivity index is 2.01. The number of hydrogen-bond acceptors (Lipinski definition) is 5. The second-order valence-corrected chi connectivity index (χ2v) is 8.89. The monoisotopic (exact) mass is 452 g/mol. The topological polar surface area (TPSA) is 92.8 Å². The summed E-state index contributed by atoms with van der Waals surface area (Å²) in [6.07, 6.45) is 0. The van der Waals surface area contributed by atoms with Gasteiger partial charge in [-0.1, -0.05) is 55.3 Å². The van der Waals surface area contributed by atoms with Crippen molar-refractivity contribution in [2.75, 3.05) is 19.7 Å². The molecule has 0 bridgehead atoms. The molecule has 0 aliphatic heterocycles. The summed E-state index contributed by atoms with van der Waals surface area (Å²) < 4.78 is 31.7. The fourth-order valence-electron chi connectivity index (χ4n) is 2.70. The Morgan fingerprint density at radius 2 is 1.70 bits per heavy atom. The number of carbonyl (C=O) groups is 2.